The monoisotopic (exact) mass is 341 g/mol. The molecule has 1 aliphatic heterocycles. The van der Waals surface area contributed by atoms with Gasteiger partial charge in [0.1, 0.15) is 5.82 Å². The summed E-state index contributed by atoms with van der Waals surface area (Å²) < 4.78 is 0. The van der Waals surface area contributed by atoms with Gasteiger partial charge >= 0.3 is 6.03 Å². The van der Waals surface area contributed by atoms with Crippen LogP contribution in [0.5, 0.6) is 0 Å². The normalized spacial score (nSPS) is 21.9. The second kappa shape index (κ2) is 5.72. The molecule has 1 atom stereocenters. The van der Waals surface area contributed by atoms with Gasteiger partial charge in [-0.25, -0.2) is 14.8 Å². The van der Waals surface area contributed by atoms with Gasteiger partial charge in [-0.05, 0) is 24.8 Å². The summed E-state index contributed by atoms with van der Waals surface area (Å²) in [7, 11) is 1.83. The SMILES string of the molecule is CC(C)[C@H]1CN(C)C(=O)N1c1ccnc(NC2(c3cnc[nH]3)CC2)n1. The van der Waals surface area contributed by atoms with E-state index in [1.54, 1.807) is 28.4 Å². The van der Waals surface area contributed by atoms with E-state index in [-0.39, 0.29) is 17.6 Å². The lowest BCUT2D eigenvalue weighted by Crippen LogP contribution is -2.38. The zero-order valence-corrected chi connectivity index (χ0v) is 14.7. The zero-order valence-electron chi connectivity index (χ0n) is 14.7. The second-order valence-corrected chi connectivity index (χ2v) is 7.26. The van der Waals surface area contributed by atoms with Gasteiger partial charge in [0.25, 0.3) is 0 Å². The highest BCUT2D eigenvalue weighted by Crippen LogP contribution is 2.46. The fourth-order valence-electron chi connectivity index (χ4n) is 3.40. The van der Waals surface area contributed by atoms with Gasteiger partial charge in [0.05, 0.1) is 29.8 Å². The van der Waals surface area contributed by atoms with Crippen LogP contribution in [0.1, 0.15) is 32.4 Å². The van der Waals surface area contributed by atoms with Crippen molar-refractivity contribution in [3.8, 4) is 0 Å². The summed E-state index contributed by atoms with van der Waals surface area (Å²) in [6.07, 6.45) is 7.22. The van der Waals surface area contributed by atoms with Crippen LogP contribution in [0.25, 0.3) is 0 Å². The number of likely N-dealkylation sites (N-methyl/N-ethyl adjacent to an activating group) is 1. The Hall–Kier alpha value is -2.64. The smallest absolute Gasteiger partial charge is 0.325 e. The fourth-order valence-corrected chi connectivity index (χ4v) is 3.40. The van der Waals surface area contributed by atoms with Crippen LogP contribution < -0.4 is 10.2 Å². The van der Waals surface area contributed by atoms with Crippen molar-refractivity contribution < 1.29 is 4.79 Å². The van der Waals surface area contributed by atoms with E-state index >= 15 is 0 Å². The highest BCUT2D eigenvalue weighted by molar-refractivity contribution is 5.94. The lowest BCUT2D eigenvalue weighted by Gasteiger charge is -2.25. The largest absolute Gasteiger partial charge is 0.347 e. The third kappa shape index (κ3) is 2.71. The quantitative estimate of drug-likeness (QED) is 0.870. The van der Waals surface area contributed by atoms with Crippen LogP contribution in [0.2, 0.25) is 0 Å². The predicted molar refractivity (Wildman–Crippen MR) is 94.3 cm³/mol. The molecule has 2 amide bonds. The Kier molecular flexibility index (Phi) is 3.63. The van der Waals surface area contributed by atoms with Gasteiger partial charge in [-0.1, -0.05) is 13.8 Å². The van der Waals surface area contributed by atoms with Crippen molar-refractivity contribution >= 4 is 17.8 Å². The predicted octanol–water partition coefficient (Wildman–Crippen LogP) is 2.20. The van der Waals surface area contributed by atoms with Gasteiger partial charge in [-0.2, -0.15) is 4.98 Å². The van der Waals surface area contributed by atoms with Crippen LogP contribution in [-0.2, 0) is 5.54 Å². The van der Waals surface area contributed by atoms with E-state index in [2.05, 4.69) is 39.1 Å². The third-order valence-corrected chi connectivity index (χ3v) is 5.10. The van der Waals surface area contributed by atoms with Gasteiger partial charge in [0.2, 0.25) is 5.95 Å². The lowest BCUT2D eigenvalue weighted by atomic mass is 10.0. The number of nitrogens with one attached hydrogen (secondary N) is 2. The molecule has 0 bridgehead atoms. The van der Waals surface area contributed by atoms with Crippen LogP contribution in [0, 0.1) is 5.92 Å². The van der Waals surface area contributed by atoms with E-state index in [1.807, 2.05) is 13.2 Å². The maximum atomic E-state index is 12.6. The summed E-state index contributed by atoms with van der Waals surface area (Å²) in [6.45, 7) is 4.96. The molecule has 0 aromatic carbocycles. The molecule has 2 aliphatic rings. The number of rotatable bonds is 5. The van der Waals surface area contributed by atoms with E-state index in [1.165, 1.54) is 0 Å². The van der Waals surface area contributed by atoms with Crippen molar-refractivity contribution in [3.05, 3.63) is 30.5 Å². The second-order valence-electron chi connectivity index (χ2n) is 7.26. The minimum absolute atomic E-state index is 0.0157. The van der Waals surface area contributed by atoms with Crippen molar-refractivity contribution in [2.75, 3.05) is 23.8 Å². The number of imidazole rings is 1. The van der Waals surface area contributed by atoms with E-state index in [0.29, 0.717) is 24.2 Å². The highest BCUT2D eigenvalue weighted by Gasteiger charge is 2.46. The third-order valence-electron chi connectivity index (χ3n) is 5.10. The van der Waals surface area contributed by atoms with E-state index in [4.69, 9.17) is 0 Å². The average Bonchev–Trinajstić information content (AvgIpc) is 3.04. The highest BCUT2D eigenvalue weighted by atomic mass is 16.2. The molecule has 2 aromatic heterocycles. The van der Waals surface area contributed by atoms with Crippen LogP contribution >= 0.6 is 0 Å². The maximum Gasteiger partial charge on any atom is 0.325 e. The number of nitrogens with zero attached hydrogens (tertiary/aromatic N) is 5. The molecule has 4 rings (SSSR count). The molecular weight excluding hydrogens is 318 g/mol. The number of urea groups is 1. The fraction of sp³-hybridized carbons (Fsp3) is 0.529. The molecule has 2 aromatic rings. The summed E-state index contributed by atoms with van der Waals surface area (Å²) in [4.78, 5) is 32.4. The molecule has 2 fully saturated rings. The van der Waals surface area contributed by atoms with Gasteiger partial charge in [0, 0.05) is 19.8 Å². The average molecular weight is 341 g/mol. The maximum absolute atomic E-state index is 12.6. The van der Waals surface area contributed by atoms with Crippen molar-refractivity contribution in [1.29, 1.82) is 0 Å². The first-order valence-corrected chi connectivity index (χ1v) is 8.64. The molecule has 8 nitrogen and oxygen atoms in total. The Morgan fingerprint density at radius 3 is 2.84 bits per heavy atom. The molecular formula is C17H23N7O. The summed E-state index contributed by atoms with van der Waals surface area (Å²) >= 11 is 0. The number of aromatic amines is 1. The van der Waals surface area contributed by atoms with Crippen molar-refractivity contribution in [2.24, 2.45) is 5.92 Å². The molecule has 0 spiro atoms. The zero-order chi connectivity index (χ0) is 17.6. The molecule has 3 heterocycles. The first-order valence-electron chi connectivity index (χ1n) is 8.64. The first-order chi connectivity index (χ1) is 12.0. The number of amides is 2. The molecule has 1 aliphatic carbocycles. The molecule has 1 saturated carbocycles. The Morgan fingerprint density at radius 2 is 2.20 bits per heavy atom. The summed E-state index contributed by atoms with van der Waals surface area (Å²) in [5.41, 5.74) is 0.872. The summed E-state index contributed by atoms with van der Waals surface area (Å²) in [6, 6.07) is 1.90. The van der Waals surface area contributed by atoms with Gasteiger partial charge in [-0.3, -0.25) is 4.90 Å². The van der Waals surface area contributed by atoms with Crippen LogP contribution in [-0.4, -0.2) is 50.5 Å². The topological polar surface area (TPSA) is 90.0 Å². The van der Waals surface area contributed by atoms with Crippen LogP contribution in [0.15, 0.2) is 24.8 Å². The number of hydrogen-bond donors (Lipinski definition) is 2. The molecule has 1 saturated heterocycles. The van der Waals surface area contributed by atoms with E-state index < -0.39 is 0 Å². The Bertz CT molecular complexity index is 769. The number of aromatic nitrogens is 4. The molecule has 25 heavy (non-hydrogen) atoms. The standard InChI is InChI=1S/C17H23N7O/c1-11(2)12-9-23(3)16(25)24(12)14-4-7-19-15(21-14)22-17(5-6-17)13-8-18-10-20-13/h4,7-8,10-12H,5-6,9H2,1-3H3,(H,18,20)(H,19,21,22)/t12-/m1/s1. The Labute approximate surface area is 146 Å². The van der Waals surface area contributed by atoms with Gasteiger partial charge < -0.3 is 15.2 Å². The molecule has 0 radical (unpaired) electrons. The summed E-state index contributed by atoms with van der Waals surface area (Å²) in [5.74, 6) is 1.53. The van der Waals surface area contributed by atoms with E-state index in [0.717, 1.165) is 18.5 Å². The summed E-state index contributed by atoms with van der Waals surface area (Å²) in [5, 5.41) is 3.42. The number of anilines is 2. The van der Waals surface area contributed by atoms with Crippen molar-refractivity contribution in [3.63, 3.8) is 0 Å². The van der Waals surface area contributed by atoms with Crippen molar-refractivity contribution in [1.82, 2.24) is 24.8 Å². The number of H-pyrrole nitrogens is 1. The molecule has 0 unspecified atom stereocenters. The Morgan fingerprint density at radius 1 is 1.40 bits per heavy atom. The number of carbonyl (C=O) groups excluding carboxylic acids is 1. The van der Waals surface area contributed by atoms with Crippen molar-refractivity contribution in [2.45, 2.75) is 38.3 Å². The Balaban J connectivity index is 1.61. The molecule has 8 heteroatoms. The minimum Gasteiger partial charge on any atom is -0.347 e. The van der Waals surface area contributed by atoms with Gasteiger partial charge in [0.15, 0.2) is 0 Å². The lowest BCUT2D eigenvalue weighted by molar-refractivity contribution is 0.229. The van der Waals surface area contributed by atoms with E-state index in [9.17, 15) is 4.79 Å². The molecule has 2 N–H and O–H groups in total. The van der Waals surface area contributed by atoms with Gasteiger partial charge in [-0.15, -0.1) is 0 Å². The number of carbonyl (C=O) groups is 1. The first kappa shape index (κ1) is 15.9. The van der Waals surface area contributed by atoms with Crippen LogP contribution in [0.4, 0.5) is 16.6 Å². The molecule has 132 valence electrons. The minimum atomic E-state index is -0.168. The van der Waals surface area contributed by atoms with Crippen LogP contribution in [0.3, 0.4) is 0 Å². The number of hydrogen-bond acceptors (Lipinski definition) is 5.